The first-order chi connectivity index (χ1) is 13.5. The van der Waals surface area contributed by atoms with Gasteiger partial charge in [-0.05, 0) is 31.4 Å². The molecule has 1 aliphatic rings. The Morgan fingerprint density at radius 2 is 2.07 bits per heavy atom. The molecule has 1 aromatic carbocycles. The van der Waals surface area contributed by atoms with Crippen LogP contribution in [0.4, 0.5) is 0 Å². The van der Waals surface area contributed by atoms with E-state index in [0.717, 1.165) is 18.6 Å². The summed E-state index contributed by atoms with van der Waals surface area (Å²) in [6.45, 7) is 3.32. The number of hydrogen-bond donors (Lipinski definition) is 1. The molecular weight excluding hydrogens is 354 g/mol. The monoisotopic (exact) mass is 377 g/mol. The van der Waals surface area contributed by atoms with Crippen LogP contribution in [0.1, 0.15) is 47.3 Å². The van der Waals surface area contributed by atoms with Crippen LogP contribution in [-0.4, -0.2) is 33.9 Å². The second kappa shape index (κ2) is 7.46. The molecule has 0 saturated carbocycles. The van der Waals surface area contributed by atoms with Crippen LogP contribution in [0, 0.1) is 0 Å². The molecule has 3 heterocycles. The number of nitrogens with zero attached hydrogens (tertiary/aromatic N) is 2. The number of piperidine rings is 1. The SMILES string of the molecule is C[C@@]1(c2ncc(Cc3ccccc3)o2)CCCN(C(=O)c2ccc(=O)[nH]c2)C1. The molecule has 1 aliphatic heterocycles. The van der Waals surface area contributed by atoms with E-state index in [1.807, 2.05) is 23.1 Å². The number of carbonyl (C=O) groups is 1. The van der Waals surface area contributed by atoms with Gasteiger partial charge in [0.25, 0.3) is 5.91 Å². The van der Waals surface area contributed by atoms with Crippen molar-refractivity contribution < 1.29 is 9.21 Å². The van der Waals surface area contributed by atoms with Crippen molar-refractivity contribution in [1.82, 2.24) is 14.9 Å². The molecule has 1 saturated heterocycles. The molecule has 1 N–H and O–H groups in total. The Morgan fingerprint density at radius 3 is 2.82 bits per heavy atom. The fourth-order valence-corrected chi connectivity index (χ4v) is 3.78. The molecule has 0 radical (unpaired) electrons. The number of nitrogens with one attached hydrogen (secondary N) is 1. The van der Waals surface area contributed by atoms with Crippen LogP contribution in [0.15, 0.2) is 64.1 Å². The van der Waals surface area contributed by atoms with Crippen molar-refractivity contribution >= 4 is 5.91 Å². The quantitative estimate of drug-likeness (QED) is 0.757. The molecule has 2 aromatic heterocycles. The van der Waals surface area contributed by atoms with Crippen molar-refractivity contribution in [3.8, 4) is 0 Å². The minimum absolute atomic E-state index is 0.0850. The molecule has 3 aromatic rings. The number of pyridine rings is 1. The molecule has 4 rings (SSSR count). The van der Waals surface area contributed by atoms with Gasteiger partial charge in [0.05, 0.1) is 17.2 Å². The maximum atomic E-state index is 12.8. The number of benzene rings is 1. The summed E-state index contributed by atoms with van der Waals surface area (Å²) >= 11 is 0. The molecule has 144 valence electrons. The number of oxazole rings is 1. The summed E-state index contributed by atoms with van der Waals surface area (Å²) in [6.07, 6.45) is 5.75. The van der Waals surface area contributed by atoms with Gasteiger partial charge < -0.3 is 14.3 Å². The predicted octanol–water partition coefficient (Wildman–Crippen LogP) is 3.15. The zero-order valence-electron chi connectivity index (χ0n) is 15.9. The summed E-state index contributed by atoms with van der Waals surface area (Å²) in [4.78, 5) is 33.0. The summed E-state index contributed by atoms with van der Waals surface area (Å²) in [7, 11) is 0. The Hall–Kier alpha value is -3.15. The Kier molecular flexibility index (Phi) is 4.86. The number of aromatic amines is 1. The van der Waals surface area contributed by atoms with E-state index in [1.54, 1.807) is 12.3 Å². The number of H-pyrrole nitrogens is 1. The van der Waals surface area contributed by atoms with E-state index in [4.69, 9.17) is 4.42 Å². The Labute approximate surface area is 163 Å². The van der Waals surface area contributed by atoms with E-state index in [0.29, 0.717) is 31.0 Å². The standard InChI is InChI=1S/C22H23N3O3/c1-22(21-24-14-18(28-21)12-16-6-3-2-4-7-16)10-5-11-25(15-22)20(27)17-8-9-19(26)23-13-17/h2-4,6-9,13-14H,5,10-12,15H2,1H3,(H,23,26)/t22-/m1/s1. The first-order valence-corrected chi connectivity index (χ1v) is 9.51. The molecular formula is C22H23N3O3. The highest BCUT2D eigenvalue weighted by molar-refractivity contribution is 5.94. The number of amides is 1. The Bertz CT molecular complexity index is 1000. The van der Waals surface area contributed by atoms with Gasteiger partial charge in [-0.2, -0.15) is 0 Å². The van der Waals surface area contributed by atoms with Crippen molar-refractivity contribution in [2.24, 2.45) is 0 Å². The molecule has 0 aliphatic carbocycles. The molecule has 0 spiro atoms. The van der Waals surface area contributed by atoms with Crippen LogP contribution in [-0.2, 0) is 11.8 Å². The molecule has 6 nitrogen and oxygen atoms in total. The van der Waals surface area contributed by atoms with Gasteiger partial charge in [-0.1, -0.05) is 30.3 Å². The zero-order valence-corrected chi connectivity index (χ0v) is 15.9. The summed E-state index contributed by atoms with van der Waals surface area (Å²) < 4.78 is 6.08. The molecule has 1 atom stereocenters. The summed E-state index contributed by atoms with van der Waals surface area (Å²) in [5.41, 5.74) is 1.12. The fraction of sp³-hybridized carbons (Fsp3) is 0.318. The first kappa shape index (κ1) is 18.2. The predicted molar refractivity (Wildman–Crippen MR) is 105 cm³/mol. The highest BCUT2D eigenvalue weighted by atomic mass is 16.4. The minimum Gasteiger partial charge on any atom is -0.445 e. The second-order valence-corrected chi connectivity index (χ2v) is 7.63. The average Bonchev–Trinajstić information content (AvgIpc) is 3.18. The van der Waals surface area contributed by atoms with Crippen molar-refractivity contribution in [3.05, 3.63) is 88.0 Å². The lowest BCUT2D eigenvalue weighted by Crippen LogP contribution is -2.47. The van der Waals surface area contributed by atoms with Gasteiger partial charge in [0.1, 0.15) is 5.76 Å². The lowest BCUT2D eigenvalue weighted by atomic mass is 9.81. The smallest absolute Gasteiger partial charge is 0.255 e. The van der Waals surface area contributed by atoms with E-state index in [1.165, 1.54) is 17.8 Å². The van der Waals surface area contributed by atoms with Gasteiger partial charge in [-0.3, -0.25) is 9.59 Å². The Balaban J connectivity index is 1.50. The highest BCUT2D eigenvalue weighted by Gasteiger charge is 2.38. The molecule has 1 amide bonds. The maximum absolute atomic E-state index is 12.8. The fourth-order valence-electron chi connectivity index (χ4n) is 3.78. The van der Waals surface area contributed by atoms with Crippen LogP contribution < -0.4 is 5.56 Å². The van der Waals surface area contributed by atoms with Crippen LogP contribution in [0.5, 0.6) is 0 Å². The van der Waals surface area contributed by atoms with Gasteiger partial charge in [0.2, 0.25) is 11.4 Å². The largest absolute Gasteiger partial charge is 0.445 e. The minimum atomic E-state index is -0.328. The average molecular weight is 377 g/mol. The topological polar surface area (TPSA) is 79.2 Å². The molecule has 28 heavy (non-hydrogen) atoms. The van der Waals surface area contributed by atoms with E-state index >= 15 is 0 Å². The molecule has 6 heteroatoms. The van der Waals surface area contributed by atoms with Crippen molar-refractivity contribution in [2.45, 2.75) is 31.6 Å². The lowest BCUT2D eigenvalue weighted by Gasteiger charge is -2.38. The van der Waals surface area contributed by atoms with E-state index < -0.39 is 0 Å². The van der Waals surface area contributed by atoms with Crippen molar-refractivity contribution in [3.63, 3.8) is 0 Å². The zero-order chi connectivity index (χ0) is 19.6. The molecule has 0 unspecified atom stereocenters. The van der Waals surface area contributed by atoms with Gasteiger partial charge in [-0.15, -0.1) is 0 Å². The number of likely N-dealkylation sites (tertiary alicyclic amines) is 1. The van der Waals surface area contributed by atoms with Crippen LogP contribution in [0.3, 0.4) is 0 Å². The van der Waals surface area contributed by atoms with Gasteiger partial charge >= 0.3 is 0 Å². The summed E-state index contributed by atoms with van der Waals surface area (Å²) in [6, 6.07) is 13.1. The third-order valence-electron chi connectivity index (χ3n) is 5.31. The normalized spacial score (nSPS) is 19.5. The van der Waals surface area contributed by atoms with Gasteiger partial charge in [0.15, 0.2) is 0 Å². The van der Waals surface area contributed by atoms with Crippen molar-refractivity contribution in [1.29, 1.82) is 0 Å². The molecule has 0 bridgehead atoms. The first-order valence-electron chi connectivity index (χ1n) is 9.51. The lowest BCUT2D eigenvalue weighted by molar-refractivity contribution is 0.0625. The van der Waals surface area contributed by atoms with Crippen molar-refractivity contribution in [2.75, 3.05) is 13.1 Å². The van der Waals surface area contributed by atoms with E-state index in [9.17, 15) is 9.59 Å². The number of hydrogen-bond acceptors (Lipinski definition) is 4. The maximum Gasteiger partial charge on any atom is 0.255 e. The van der Waals surface area contributed by atoms with Crippen LogP contribution in [0.2, 0.25) is 0 Å². The second-order valence-electron chi connectivity index (χ2n) is 7.63. The number of aromatic nitrogens is 2. The van der Waals surface area contributed by atoms with E-state index in [-0.39, 0.29) is 16.9 Å². The number of rotatable bonds is 4. The Morgan fingerprint density at radius 1 is 1.25 bits per heavy atom. The highest BCUT2D eigenvalue weighted by Crippen LogP contribution is 2.34. The number of carbonyl (C=O) groups excluding carboxylic acids is 1. The summed E-state index contributed by atoms with van der Waals surface area (Å²) in [5.74, 6) is 1.42. The third-order valence-corrected chi connectivity index (χ3v) is 5.31. The van der Waals surface area contributed by atoms with E-state index in [2.05, 4.69) is 29.0 Å². The third kappa shape index (κ3) is 3.76. The van der Waals surface area contributed by atoms with Gasteiger partial charge in [-0.25, -0.2) is 4.98 Å². The van der Waals surface area contributed by atoms with Crippen LogP contribution >= 0.6 is 0 Å². The van der Waals surface area contributed by atoms with Gasteiger partial charge in [0, 0.05) is 31.8 Å². The van der Waals surface area contributed by atoms with Crippen LogP contribution in [0.25, 0.3) is 0 Å². The summed E-state index contributed by atoms with van der Waals surface area (Å²) in [5, 5.41) is 0. The molecule has 1 fully saturated rings.